The summed E-state index contributed by atoms with van der Waals surface area (Å²) < 4.78 is 6.32. The van der Waals surface area contributed by atoms with Crippen molar-refractivity contribution in [3.63, 3.8) is 0 Å². The first-order chi connectivity index (χ1) is 13.1. The summed E-state index contributed by atoms with van der Waals surface area (Å²) >= 11 is 6.13. The maximum atomic E-state index is 12.9. The third-order valence-corrected chi connectivity index (χ3v) is 5.41. The molecule has 0 aliphatic carbocycles. The van der Waals surface area contributed by atoms with Crippen LogP contribution in [0.2, 0.25) is 5.02 Å². The topological polar surface area (TPSA) is 45.3 Å². The van der Waals surface area contributed by atoms with Crippen molar-refractivity contribution in [1.29, 1.82) is 0 Å². The number of halogens is 1. The molecule has 1 fully saturated rings. The van der Waals surface area contributed by atoms with Gasteiger partial charge in [0.05, 0.1) is 17.7 Å². The van der Waals surface area contributed by atoms with E-state index in [1.165, 1.54) is 6.42 Å². The van der Waals surface area contributed by atoms with Gasteiger partial charge in [0.1, 0.15) is 5.75 Å². The predicted octanol–water partition coefficient (Wildman–Crippen LogP) is 4.57. The summed E-state index contributed by atoms with van der Waals surface area (Å²) in [5.74, 6) is 1.11. The molecule has 4 nitrogen and oxygen atoms in total. The summed E-state index contributed by atoms with van der Waals surface area (Å²) in [6, 6.07) is 15.2. The molecule has 1 aromatic heterocycles. The lowest BCUT2D eigenvalue weighted by Gasteiger charge is -2.29. The van der Waals surface area contributed by atoms with E-state index in [9.17, 15) is 4.79 Å². The zero-order valence-corrected chi connectivity index (χ0v) is 16.1. The Bertz CT molecular complexity index is 1000. The van der Waals surface area contributed by atoms with Crippen LogP contribution in [-0.4, -0.2) is 36.6 Å². The van der Waals surface area contributed by atoms with Crippen molar-refractivity contribution in [3.05, 3.63) is 63.9 Å². The summed E-state index contributed by atoms with van der Waals surface area (Å²) in [6.45, 7) is 2.76. The minimum atomic E-state index is -0.160. The fourth-order valence-corrected chi connectivity index (χ4v) is 4.04. The highest BCUT2D eigenvalue weighted by atomic mass is 35.5. The summed E-state index contributed by atoms with van der Waals surface area (Å²) in [4.78, 5) is 18.2. The first-order valence-electron chi connectivity index (χ1n) is 9.34. The van der Waals surface area contributed by atoms with Crippen LogP contribution in [0, 0.1) is 5.92 Å². The van der Waals surface area contributed by atoms with Crippen LogP contribution in [0.5, 0.6) is 5.75 Å². The van der Waals surface area contributed by atoms with Gasteiger partial charge in [0, 0.05) is 22.9 Å². The van der Waals surface area contributed by atoms with E-state index in [2.05, 4.69) is 16.9 Å². The van der Waals surface area contributed by atoms with Crippen LogP contribution in [0.25, 0.3) is 22.0 Å². The molecular weight excluding hydrogens is 360 g/mol. The van der Waals surface area contributed by atoms with Gasteiger partial charge in [0.2, 0.25) is 0 Å². The molecular formula is C22H23ClN2O2. The van der Waals surface area contributed by atoms with Crippen LogP contribution in [-0.2, 0) is 0 Å². The standard InChI is InChI=1S/C22H23ClN2O2/c1-25-11-5-6-15(13-25)14-27-21-18-10-9-17(23)12-19(18)24-22(26)20(21)16-7-3-2-4-8-16/h2-4,7-10,12,15H,5-6,11,13-14H2,1H3,(H,24,26). The summed E-state index contributed by atoms with van der Waals surface area (Å²) in [6.07, 6.45) is 2.33. The Morgan fingerprint density at radius 2 is 2.04 bits per heavy atom. The third kappa shape index (κ3) is 3.87. The minimum absolute atomic E-state index is 0.160. The van der Waals surface area contributed by atoms with Gasteiger partial charge in [-0.15, -0.1) is 0 Å². The van der Waals surface area contributed by atoms with Gasteiger partial charge >= 0.3 is 0 Å². The van der Waals surface area contributed by atoms with Crippen molar-refractivity contribution < 1.29 is 4.74 Å². The summed E-state index contributed by atoms with van der Waals surface area (Å²) in [5.41, 5.74) is 1.97. The fraction of sp³-hybridized carbons (Fsp3) is 0.318. The monoisotopic (exact) mass is 382 g/mol. The lowest BCUT2D eigenvalue weighted by atomic mass is 9.99. The lowest BCUT2D eigenvalue weighted by Crippen LogP contribution is -2.35. The molecule has 1 unspecified atom stereocenters. The quantitative estimate of drug-likeness (QED) is 0.719. The first-order valence-corrected chi connectivity index (χ1v) is 9.72. The van der Waals surface area contributed by atoms with Crippen molar-refractivity contribution in [2.24, 2.45) is 5.92 Å². The number of benzene rings is 2. The van der Waals surface area contributed by atoms with Crippen LogP contribution in [0.4, 0.5) is 0 Å². The van der Waals surface area contributed by atoms with Crippen molar-refractivity contribution in [1.82, 2.24) is 9.88 Å². The first kappa shape index (κ1) is 18.1. The van der Waals surface area contributed by atoms with Crippen molar-refractivity contribution in [2.75, 3.05) is 26.7 Å². The number of rotatable bonds is 4. The van der Waals surface area contributed by atoms with Gasteiger partial charge in [-0.1, -0.05) is 41.9 Å². The van der Waals surface area contributed by atoms with Gasteiger partial charge in [-0.2, -0.15) is 0 Å². The van der Waals surface area contributed by atoms with E-state index >= 15 is 0 Å². The number of hydrogen-bond donors (Lipinski definition) is 1. The highest BCUT2D eigenvalue weighted by Gasteiger charge is 2.21. The van der Waals surface area contributed by atoms with E-state index in [1.807, 2.05) is 42.5 Å². The molecule has 0 saturated carbocycles. The number of aromatic nitrogens is 1. The lowest BCUT2D eigenvalue weighted by molar-refractivity contribution is 0.151. The smallest absolute Gasteiger partial charge is 0.260 e. The molecule has 1 N–H and O–H groups in total. The average Bonchev–Trinajstić information content (AvgIpc) is 2.66. The molecule has 3 aromatic rings. The van der Waals surface area contributed by atoms with Gasteiger partial charge in [0.25, 0.3) is 5.56 Å². The number of likely N-dealkylation sites (tertiary alicyclic amines) is 1. The van der Waals surface area contributed by atoms with Gasteiger partial charge in [-0.25, -0.2) is 0 Å². The van der Waals surface area contributed by atoms with Crippen molar-refractivity contribution >= 4 is 22.5 Å². The van der Waals surface area contributed by atoms with Gasteiger partial charge in [-0.05, 0) is 50.2 Å². The zero-order valence-electron chi connectivity index (χ0n) is 15.4. The number of nitrogens with one attached hydrogen (secondary N) is 1. The Kier molecular flexibility index (Phi) is 5.19. The molecule has 27 heavy (non-hydrogen) atoms. The molecule has 4 rings (SSSR count). The number of aromatic amines is 1. The van der Waals surface area contributed by atoms with Gasteiger partial charge in [-0.3, -0.25) is 4.79 Å². The molecule has 1 saturated heterocycles. The van der Waals surface area contributed by atoms with Crippen LogP contribution >= 0.6 is 11.6 Å². The Morgan fingerprint density at radius 1 is 1.22 bits per heavy atom. The molecule has 1 aliphatic rings. The van der Waals surface area contributed by atoms with Crippen LogP contribution in [0.15, 0.2) is 53.3 Å². The number of piperidine rings is 1. The minimum Gasteiger partial charge on any atom is -0.492 e. The molecule has 2 aromatic carbocycles. The molecule has 1 aliphatic heterocycles. The van der Waals surface area contributed by atoms with Crippen LogP contribution < -0.4 is 10.3 Å². The van der Waals surface area contributed by atoms with E-state index < -0.39 is 0 Å². The second-order valence-electron chi connectivity index (χ2n) is 7.30. The Labute approximate surface area is 163 Å². The van der Waals surface area contributed by atoms with Gasteiger partial charge in [0.15, 0.2) is 0 Å². The number of H-pyrrole nitrogens is 1. The average molecular weight is 383 g/mol. The predicted molar refractivity (Wildman–Crippen MR) is 111 cm³/mol. The van der Waals surface area contributed by atoms with E-state index in [4.69, 9.17) is 16.3 Å². The second kappa shape index (κ2) is 7.75. The largest absolute Gasteiger partial charge is 0.492 e. The number of ether oxygens (including phenoxy) is 1. The fourth-order valence-electron chi connectivity index (χ4n) is 3.87. The molecule has 140 valence electrons. The molecule has 0 bridgehead atoms. The highest BCUT2D eigenvalue weighted by molar-refractivity contribution is 6.31. The van der Waals surface area contributed by atoms with E-state index in [1.54, 1.807) is 6.07 Å². The maximum Gasteiger partial charge on any atom is 0.260 e. The van der Waals surface area contributed by atoms with Gasteiger partial charge < -0.3 is 14.6 Å². The van der Waals surface area contributed by atoms with Crippen molar-refractivity contribution in [3.8, 4) is 16.9 Å². The second-order valence-corrected chi connectivity index (χ2v) is 7.73. The van der Waals surface area contributed by atoms with E-state index in [-0.39, 0.29) is 5.56 Å². The Hall–Kier alpha value is -2.30. The Morgan fingerprint density at radius 3 is 2.81 bits per heavy atom. The zero-order chi connectivity index (χ0) is 18.8. The van der Waals surface area contributed by atoms with E-state index in [0.717, 1.165) is 30.5 Å². The molecule has 0 radical (unpaired) electrons. The number of nitrogens with zero attached hydrogens (tertiary/aromatic N) is 1. The summed E-state index contributed by atoms with van der Waals surface area (Å²) in [5, 5.41) is 1.47. The molecule has 0 amide bonds. The maximum absolute atomic E-state index is 12.9. The van der Waals surface area contributed by atoms with Crippen LogP contribution in [0.3, 0.4) is 0 Å². The van der Waals surface area contributed by atoms with Crippen LogP contribution in [0.1, 0.15) is 12.8 Å². The highest BCUT2D eigenvalue weighted by Crippen LogP contribution is 2.34. The molecule has 2 heterocycles. The van der Waals surface area contributed by atoms with Crippen molar-refractivity contribution in [2.45, 2.75) is 12.8 Å². The Balaban J connectivity index is 1.78. The molecule has 5 heteroatoms. The number of hydrogen-bond acceptors (Lipinski definition) is 3. The van der Waals surface area contributed by atoms with E-state index in [0.29, 0.717) is 34.4 Å². The normalized spacial score (nSPS) is 17.9. The SMILES string of the molecule is CN1CCCC(COc2c(-c3ccccc3)c(=O)[nH]c3cc(Cl)ccc23)C1. The number of fused-ring (bicyclic) bond motifs is 1. The third-order valence-electron chi connectivity index (χ3n) is 5.18. The molecule has 0 spiro atoms. The molecule has 1 atom stereocenters. The summed E-state index contributed by atoms with van der Waals surface area (Å²) in [7, 11) is 2.15. The number of pyridine rings is 1.